The monoisotopic (exact) mass is 258 g/mol. The predicted octanol–water partition coefficient (Wildman–Crippen LogP) is 0.0766. The molecule has 2 N–H and O–H groups in total. The molecule has 2 atom stereocenters. The average molecular weight is 258 g/mol. The lowest BCUT2D eigenvalue weighted by atomic mass is 10.2. The van der Waals surface area contributed by atoms with Crippen LogP contribution in [-0.2, 0) is 14.3 Å². The lowest BCUT2D eigenvalue weighted by Gasteiger charge is -2.32. The van der Waals surface area contributed by atoms with E-state index in [4.69, 9.17) is 9.84 Å². The van der Waals surface area contributed by atoms with E-state index in [1.807, 2.05) is 6.92 Å². The van der Waals surface area contributed by atoms with Crippen molar-refractivity contribution < 1.29 is 19.4 Å². The Balaban J connectivity index is 2.36. The fraction of sp³-hybridized carbons (Fsp3) is 0.833. The van der Waals surface area contributed by atoms with Crippen LogP contribution in [-0.4, -0.2) is 60.3 Å². The molecule has 0 spiro atoms. The molecule has 1 fully saturated rings. The highest BCUT2D eigenvalue weighted by Crippen LogP contribution is 2.08. The summed E-state index contributed by atoms with van der Waals surface area (Å²) >= 11 is 0. The van der Waals surface area contributed by atoms with Crippen LogP contribution >= 0.6 is 0 Å². The van der Waals surface area contributed by atoms with Crippen molar-refractivity contribution in [1.82, 2.24) is 10.2 Å². The van der Waals surface area contributed by atoms with E-state index in [1.165, 1.54) is 0 Å². The van der Waals surface area contributed by atoms with Crippen molar-refractivity contribution in [2.75, 3.05) is 26.2 Å². The number of amides is 1. The number of nitrogens with zero attached hydrogens (tertiary/aromatic N) is 1. The molecule has 0 aromatic carbocycles. The first-order valence-corrected chi connectivity index (χ1v) is 6.37. The van der Waals surface area contributed by atoms with Crippen molar-refractivity contribution in [2.24, 2.45) is 0 Å². The van der Waals surface area contributed by atoms with E-state index in [-0.39, 0.29) is 18.4 Å². The fourth-order valence-electron chi connectivity index (χ4n) is 1.78. The van der Waals surface area contributed by atoms with E-state index in [2.05, 4.69) is 12.2 Å². The van der Waals surface area contributed by atoms with Crippen LogP contribution in [0.25, 0.3) is 0 Å². The van der Waals surface area contributed by atoms with Crippen LogP contribution in [0.5, 0.6) is 0 Å². The Kier molecular flexibility index (Phi) is 6.07. The van der Waals surface area contributed by atoms with Crippen molar-refractivity contribution in [3.8, 4) is 0 Å². The summed E-state index contributed by atoms with van der Waals surface area (Å²) in [6.45, 7) is 5.70. The Labute approximate surface area is 107 Å². The highest BCUT2D eigenvalue weighted by Gasteiger charge is 2.25. The Morgan fingerprint density at radius 3 is 2.89 bits per heavy atom. The topological polar surface area (TPSA) is 78.9 Å². The summed E-state index contributed by atoms with van der Waals surface area (Å²) in [5.74, 6) is -0.888. The number of carbonyl (C=O) groups is 2. The van der Waals surface area contributed by atoms with Crippen LogP contribution in [0.4, 0.5) is 0 Å². The number of nitrogens with one attached hydrogen (secondary N) is 1. The maximum atomic E-state index is 11.9. The van der Waals surface area contributed by atoms with Crippen LogP contribution in [0.1, 0.15) is 26.7 Å². The number of carboxylic acids is 1. The molecule has 0 aromatic heterocycles. The van der Waals surface area contributed by atoms with E-state index < -0.39 is 5.97 Å². The van der Waals surface area contributed by atoms with E-state index in [9.17, 15) is 9.59 Å². The molecule has 1 saturated heterocycles. The molecule has 0 bridgehead atoms. The minimum Gasteiger partial charge on any atom is -0.481 e. The smallest absolute Gasteiger partial charge is 0.306 e. The van der Waals surface area contributed by atoms with Crippen LogP contribution in [0, 0.1) is 0 Å². The van der Waals surface area contributed by atoms with Gasteiger partial charge in [0.25, 0.3) is 0 Å². The van der Waals surface area contributed by atoms with Gasteiger partial charge < -0.3 is 20.1 Å². The number of aliphatic carboxylic acids is 1. The Bertz CT molecular complexity index is 296. The van der Waals surface area contributed by atoms with Gasteiger partial charge in [-0.1, -0.05) is 6.92 Å². The minimum atomic E-state index is -0.896. The molecule has 0 aromatic rings. The van der Waals surface area contributed by atoms with Gasteiger partial charge >= 0.3 is 5.97 Å². The number of rotatable bonds is 6. The number of carboxylic acid groups (broad SMARTS) is 1. The van der Waals surface area contributed by atoms with Gasteiger partial charge in [0.15, 0.2) is 0 Å². The normalized spacial score (nSPS) is 21.7. The second-order valence-corrected chi connectivity index (χ2v) is 4.62. The number of morpholine rings is 1. The van der Waals surface area contributed by atoms with Gasteiger partial charge in [-0.25, -0.2) is 0 Å². The van der Waals surface area contributed by atoms with Crippen molar-refractivity contribution in [3.63, 3.8) is 0 Å². The fourth-order valence-corrected chi connectivity index (χ4v) is 1.78. The molecule has 0 radical (unpaired) electrons. The summed E-state index contributed by atoms with van der Waals surface area (Å²) in [5, 5.41) is 11.8. The molecule has 6 heteroatoms. The Hall–Kier alpha value is -1.14. The van der Waals surface area contributed by atoms with Crippen molar-refractivity contribution >= 4 is 11.9 Å². The van der Waals surface area contributed by atoms with Gasteiger partial charge in [0.05, 0.1) is 25.7 Å². The molecule has 0 saturated carbocycles. The maximum Gasteiger partial charge on any atom is 0.306 e. The van der Waals surface area contributed by atoms with Crippen LogP contribution in [0.15, 0.2) is 0 Å². The lowest BCUT2D eigenvalue weighted by molar-refractivity contribution is -0.147. The van der Waals surface area contributed by atoms with Crippen molar-refractivity contribution in [3.05, 3.63) is 0 Å². The zero-order valence-corrected chi connectivity index (χ0v) is 11.0. The SMILES string of the molecule is CCC(C)NCC(=O)N1CCOC(CC(=O)O)C1. The summed E-state index contributed by atoms with van der Waals surface area (Å²) < 4.78 is 5.32. The van der Waals surface area contributed by atoms with Gasteiger partial charge in [-0.3, -0.25) is 9.59 Å². The van der Waals surface area contributed by atoms with Crippen molar-refractivity contribution in [2.45, 2.75) is 38.8 Å². The highest BCUT2D eigenvalue weighted by molar-refractivity contribution is 5.78. The third kappa shape index (κ3) is 5.01. The van der Waals surface area contributed by atoms with Gasteiger partial charge in [0.1, 0.15) is 0 Å². The van der Waals surface area contributed by atoms with Crippen LogP contribution in [0.3, 0.4) is 0 Å². The molecule has 1 aliphatic rings. The van der Waals surface area contributed by atoms with Gasteiger partial charge in [0.2, 0.25) is 5.91 Å². The number of ether oxygens (including phenoxy) is 1. The summed E-state index contributed by atoms with van der Waals surface area (Å²) in [4.78, 5) is 24.2. The molecule has 104 valence electrons. The zero-order valence-electron chi connectivity index (χ0n) is 11.0. The largest absolute Gasteiger partial charge is 0.481 e. The summed E-state index contributed by atoms with van der Waals surface area (Å²) in [6.07, 6.45) is 0.532. The minimum absolute atomic E-state index is 0.00832. The quantitative estimate of drug-likeness (QED) is 0.705. The number of carbonyl (C=O) groups excluding carboxylic acids is 1. The summed E-state index contributed by atoms with van der Waals surface area (Å²) in [6, 6.07) is 0.310. The number of hydrogen-bond acceptors (Lipinski definition) is 4. The third-order valence-corrected chi connectivity index (χ3v) is 3.11. The van der Waals surface area contributed by atoms with E-state index >= 15 is 0 Å². The lowest BCUT2D eigenvalue weighted by Crippen LogP contribution is -2.49. The second-order valence-electron chi connectivity index (χ2n) is 4.62. The van der Waals surface area contributed by atoms with Gasteiger partial charge in [-0.05, 0) is 13.3 Å². The zero-order chi connectivity index (χ0) is 13.5. The maximum absolute atomic E-state index is 11.9. The van der Waals surface area contributed by atoms with Gasteiger partial charge in [-0.15, -0.1) is 0 Å². The van der Waals surface area contributed by atoms with Gasteiger partial charge in [-0.2, -0.15) is 0 Å². The van der Waals surface area contributed by atoms with E-state index in [0.29, 0.717) is 32.3 Å². The first kappa shape index (κ1) is 14.9. The second kappa shape index (κ2) is 7.33. The first-order chi connectivity index (χ1) is 8.52. The summed E-state index contributed by atoms with van der Waals surface area (Å²) in [5.41, 5.74) is 0. The molecule has 1 rings (SSSR count). The standard InChI is InChI=1S/C12H22N2O4/c1-3-9(2)13-7-11(15)14-4-5-18-10(8-14)6-12(16)17/h9-10,13H,3-8H2,1-2H3,(H,16,17). The van der Waals surface area contributed by atoms with Crippen LogP contribution in [0.2, 0.25) is 0 Å². The molecular formula is C12H22N2O4. The number of hydrogen-bond donors (Lipinski definition) is 2. The predicted molar refractivity (Wildman–Crippen MR) is 66.3 cm³/mol. The average Bonchev–Trinajstić information content (AvgIpc) is 2.35. The Morgan fingerprint density at radius 1 is 1.56 bits per heavy atom. The molecule has 18 heavy (non-hydrogen) atoms. The van der Waals surface area contributed by atoms with E-state index in [0.717, 1.165) is 6.42 Å². The highest BCUT2D eigenvalue weighted by atomic mass is 16.5. The first-order valence-electron chi connectivity index (χ1n) is 6.37. The summed E-state index contributed by atoms with van der Waals surface area (Å²) in [7, 11) is 0. The third-order valence-electron chi connectivity index (χ3n) is 3.11. The molecule has 1 amide bonds. The molecule has 2 unspecified atom stereocenters. The van der Waals surface area contributed by atoms with Crippen LogP contribution < -0.4 is 5.32 Å². The molecule has 6 nitrogen and oxygen atoms in total. The molecule has 1 aliphatic heterocycles. The molecule has 0 aliphatic carbocycles. The van der Waals surface area contributed by atoms with Gasteiger partial charge in [0, 0.05) is 19.1 Å². The van der Waals surface area contributed by atoms with Crippen molar-refractivity contribution in [1.29, 1.82) is 0 Å². The molecular weight excluding hydrogens is 236 g/mol. The Morgan fingerprint density at radius 2 is 2.28 bits per heavy atom. The van der Waals surface area contributed by atoms with E-state index in [1.54, 1.807) is 4.90 Å². The molecule has 1 heterocycles.